The number of aryl methyl sites for hydroxylation is 2. The van der Waals surface area contributed by atoms with E-state index < -0.39 is 23.8 Å². The first kappa shape index (κ1) is 14.2. The zero-order valence-electron chi connectivity index (χ0n) is 11.8. The Hall–Kier alpha value is -2.18. The number of carbonyl (C=O) groups is 3. The van der Waals surface area contributed by atoms with Crippen molar-refractivity contribution in [1.29, 1.82) is 0 Å². The Morgan fingerprint density at radius 1 is 1.30 bits per heavy atom. The lowest BCUT2D eigenvalue weighted by Crippen LogP contribution is -2.57. The van der Waals surface area contributed by atoms with E-state index in [2.05, 4.69) is 10.4 Å². The second-order valence-electron chi connectivity index (χ2n) is 4.81. The molecule has 1 aromatic heterocycles. The van der Waals surface area contributed by atoms with E-state index >= 15 is 0 Å². The van der Waals surface area contributed by atoms with Gasteiger partial charge >= 0.3 is 6.03 Å². The lowest BCUT2D eigenvalue weighted by Gasteiger charge is -2.29. The molecule has 1 N–H and O–H groups in total. The summed E-state index contributed by atoms with van der Waals surface area (Å²) in [7, 11) is 1.79. The molecule has 1 saturated heterocycles. The fourth-order valence-corrected chi connectivity index (χ4v) is 2.35. The first-order valence-corrected chi connectivity index (χ1v) is 6.65. The van der Waals surface area contributed by atoms with Gasteiger partial charge in [0, 0.05) is 18.8 Å². The minimum atomic E-state index is -0.783. The number of hydrogen-bond acceptors (Lipinski definition) is 4. The topological polar surface area (TPSA) is 84.3 Å². The number of rotatable bonds is 4. The van der Waals surface area contributed by atoms with Crippen molar-refractivity contribution in [3.63, 3.8) is 0 Å². The van der Waals surface area contributed by atoms with Gasteiger partial charge in [-0.2, -0.15) is 5.10 Å². The third-order valence-corrected chi connectivity index (χ3v) is 3.42. The molecule has 2 rings (SSSR count). The fraction of sp³-hybridized carbons (Fsp3) is 0.538. The molecule has 0 aromatic carbocycles. The summed E-state index contributed by atoms with van der Waals surface area (Å²) in [4.78, 5) is 36.7. The van der Waals surface area contributed by atoms with Crippen LogP contribution in [-0.4, -0.2) is 32.5 Å². The lowest BCUT2D eigenvalue weighted by molar-refractivity contribution is -0.143. The molecule has 0 spiro atoms. The van der Waals surface area contributed by atoms with Crippen molar-refractivity contribution in [2.75, 3.05) is 0 Å². The van der Waals surface area contributed by atoms with Gasteiger partial charge in [-0.15, -0.1) is 0 Å². The summed E-state index contributed by atoms with van der Waals surface area (Å²) in [6.07, 6.45) is 2.88. The van der Waals surface area contributed by atoms with Gasteiger partial charge in [0.2, 0.25) is 11.8 Å². The Kier molecular flexibility index (Phi) is 3.87. The van der Waals surface area contributed by atoms with Crippen LogP contribution in [0, 0.1) is 5.92 Å². The van der Waals surface area contributed by atoms with Crippen molar-refractivity contribution in [3.8, 4) is 0 Å². The molecule has 1 aliphatic heterocycles. The number of urea groups is 1. The molecular weight excluding hydrogens is 260 g/mol. The van der Waals surface area contributed by atoms with E-state index in [1.54, 1.807) is 24.9 Å². The Morgan fingerprint density at radius 2 is 2.00 bits per heavy atom. The largest absolute Gasteiger partial charge is 0.331 e. The van der Waals surface area contributed by atoms with E-state index in [0.29, 0.717) is 6.42 Å². The molecule has 1 unspecified atom stereocenters. The molecule has 1 aliphatic rings. The number of carbonyl (C=O) groups excluding carboxylic acids is 3. The normalized spacial score (nSPS) is 19.4. The van der Waals surface area contributed by atoms with Crippen LogP contribution in [0.5, 0.6) is 0 Å². The van der Waals surface area contributed by atoms with Crippen molar-refractivity contribution in [2.45, 2.75) is 33.2 Å². The van der Waals surface area contributed by atoms with E-state index in [9.17, 15) is 14.4 Å². The van der Waals surface area contributed by atoms with Crippen molar-refractivity contribution >= 4 is 17.8 Å². The van der Waals surface area contributed by atoms with Crippen LogP contribution in [0.25, 0.3) is 0 Å². The first-order chi connectivity index (χ1) is 9.47. The van der Waals surface area contributed by atoms with Crippen LogP contribution in [0.2, 0.25) is 0 Å². The minimum absolute atomic E-state index is 0.144. The van der Waals surface area contributed by atoms with Crippen molar-refractivity contribution in [1.82, 2.24) is 20.0 Å². The molecule has 0 radical (unpaired) electrons. The summed E-state index contributed by atoms with van der Waals surface area (Å²) in [5.74, 6) is -1.73. The molecule has 4 amide bonds. The van der Waals surface area contributed by atoms with E-state index in [4.69, 9.17) is 0 Å². The monoisotopic (exact) mass is 278 g/mol. The molecule has 0 aliphatic carbocycles. The van der Waals surface area contributed by atoms with Gasteiger partial charge in [-0.05, 0) is 12.8 Å². The number of aromatic nitrogens is 2. The second kappa shape index (κ2) is 5.44. The number of hydrogen-bond donors (Lipinski definition) is 1. The quantitative estimate of drug-likeness (QED) is 0.817. The number of barbiturate groups is 1. The Balaban J connectivity index is 2.25. The molecule has 0 bridgehead atoms. The third-order valence-electron chi connectivity index (χ3n) is 3.42. The van der Waals surface area contributed by atoms with E-state index in [0.717, 1.165) is 22.6 Å². The number of nitrogens with one attached hydrogen (secondary N) is 1. The summed E-state index contributed by atoms with van der Waals surface area (Å²) < 4.78 is 1.66. The van der Waals surface area contributed by atoms with Crippen LogP contribution < -0.4 is 5.32 Å². The van der Waals surface area contributed by atoms with Gasteiger partial charge < -0.3 is 0 Å². The summed E-state index contributed by atoms with van der Waals surface area (Å²) in [5, 5.41) is 6.50. The molecule has 7 heteroatoms. The second-order valence-corrected chi connectivity index (χ2v) is 4.81. The molecule has 1 atom stereocenters. The first-order valence-electron chi connectivity index (χ1n) is 6.65. The SMILES string of the molecule is CCc1nn(C)cc1CN1C(=O)NC(=O)C(CC)C1=O. The summed E-state index contributed by atoms with van der Waals surface area (Å²) in [6, 6.07) is -0.657. The average Bonchev–Trinajstić information content (AvgIpc) is 2.75. The third kappa shape index (κ3) is 2.43. The molecule has 0 saturated carbocycles. The summed E-state index contributed by atoms with van der Waals surface area (Å²) in [5.41, 5.74) is 1.67. The highest BCUT2D eigenvalue weighted by Crippen LogP contribution is 2.18. The standard InChI is InChI=1S/C13H18N4O3/c1-4-9-11(18)14-13(20)17(12(9)19)7-8-6-16(3)15-10(8)5-2/h6,9H,4-5,7H2,1-3H3,(H,14,18,20). The highest BCUT2D eigenvalue weighted by Gasteiger charge is 2.39. The molecule has 2 heterocycles. The average molecular weight is 278 g/mol. The number of nitrogens with zero attached hydrogens (tertiary/aromatic N) is 3. The zero-order valence-corrected chi connectivity index (χ0v) is 11.8. The van der Waals surface area contributed by atoms with Gasteiger partial charge in [0.25, 0.3) is 0 Å². The van der Waals surface area contributed by atoms with E-state index in [1.807, 2.05) is 6.92 Å². The van der Waals surface area contributed by atoms with Crippen LogP contribution in [0.4, 0.5) is 4.79 Å². The maximum atomic E-state index is 12.2. The molecular formula is C13H18N4O3. The summed E-state index contributed by atoms with van der Waals surface area (Å²) >= 11 is 0. The van der Waals surface area contributed by atoms with Gasteiger partial charge in [-0.3, -0.25) is 24.5 Å². The van der Waals surface area contributed by atoms with Crippen molar-refractivity contribution in [3.05, 3.63) is 17.5 Å². The van der Waals surface area contributed by atoms with E-state index in [1.165, 1.54) is 0 Å². The Bertz CT molecular complexity index is 564. The molecule has 108 valence electrons. The maximum Gasteiger partial charge on any atom is 0.331 e. The smallest absolute Gasteiger partial charge is 0.277 e. The van der Waals surface area contributed by atoms with Gasteiger partial charge in [0.15, 0.2) is 0 Å². The van der Waals surface area contributed by atoms with Gasteiger partial charge in [0.1, 0.15) is 5.92 Å². The Labute approximate surface area is 116 Å². The van der Waals surface area contributed by atoms with Gasteiger partial charge in [-0.25, -0.2) is 4.79 Å². The van der Waals surface area contributed by atoms with Crippen LogP contribution in [-0.2, 0) is 29.6 Å². The summed E-state index contributed by atoms with van der Waals surface area (Å²) in [6.45, 7) is 3.85. The zero-order chi connectivity index (χ0) is 14.9. The predicted molar refractivity (Wildman–Crippen MR) is 70.5 cm³/mol. The molecule has 7 nitrogen and oxygen atoms in total. The minimum Gasteiger partial charge on any atom is -0.277 e. The van der Waals surface area contributed by atoms with Crippen molar-refractivity contribution in [2.24, 2.45) is 13.0 Å². The number of imide groups is 2. The molecule has 20 heavy (non-hydrogen) atoms. The maximum absolute atomic E-state index is 12.2. The highest BCUT2D eigenvalue weighted by atomic mass is 16.2. The van der Waals surface area contributed by atoms with E-state index in [-0.39, 0.29) is 6.54 Å². The Morgan fingerprint density at radius 3 is 2.60 bits per heavy atom. The number of amides is 4. The molecule has 1 fully saturated rings. The highest BCUT2D eigenvalue weighted by molar-refractivity contribution is 6.16. The lowest BCUT2D eigenvalue weighted by atomic mass is 10.0. The van der Waals surface area contributed by atoms with Crippen molar-refractivity contribution < 1.29 is 14.4 Å². The predicted octanol–water partition coefficient (Wildman–Crippen LogP) is 0.587. The van der Waals surface area contributed by atoms with Gasteiger partial charge in [0.05, 0.1) is 12.2 Å². The van der Waals surface area contributed by atoms with Crippen LogP contribution >= 0.6 is 0 Å². The van der Waals surface area contributed by atoms with Gasteiger partial charge in [-0.1, -0.05) is 13.8 Å². The molecule has 1 aromatic rings. The van der Waals surface area contributed by atoms with Crippen LogP contribution in [0.1, 0.15) is 31.5 Å². The van der Waals surface area contributed by atoms with Crippen LogP contribution in [0.3, 0.4) is 0 Å². The van der Waals surface area contributed by atoms with Crippen LogP contribution in [0.15, 0.2) is 6.20 Å². The fourth-order valence-electron chi connectivity index (χ4n) is 2.35.